The first kappa shape index (κ1) is 26.2. The summed E-state index contributed by atoms with van der Waals surface area (Å²) in [6, 6.07) is -0.503. The minimum Gasteiger partial charge on any atom is -0.480 e. The number of amides is 2. The second-order valence-corrected chi connectivity index (χ2v) is 10.5. The van der Waals surface area contributed by atoms with Gasteiger partial charge in [-0.25, -0.2) is 18.0 Å². The average Bonchev–Trinajstić information content (AvgIpc) is 3.08. The van der Waals surface area contributed by atoms with Crippen LogP contribution in [0.2, 0.25) is 0 Å². The number of anilines is 1. The Kier molecular flexibility index (Phi) is 7.83. The number of cyclic esters (lactones) is 1. The SMILES string of the molecule is C#Cc1c(C)c2c(c(NC(=O)N(C)C)c1C/C=C(\Cl)C(C)C(C(=O)O)S(C)(=O)=O)C(=O)OC2. The van der Waals surface area contributed by atoms with Crippen LogP contribution >= 0.6 is 11.6 Å². The molecule has 0 saturated heterocycles. The normalized spacial score (nSPS) is 15.2. The molecule has 0 aliphatic carbocycles. The number of fused-ring (bicyclic) bond motifs is 1. The molecule has 1 heterocycles. The molecule has 178 valence electrons. The van der Waals surface area contributed by atoms with Crippen LogP contribution in [-0.4, -0.2) is 62.0 Å². The number of urea groups is 1. The first-order valence-electron chi connectivity index (χ1n) is 9.79. The number of hydrogen-bond donors (Lipinski definition) is 2. The zero-order valence-corrected chi connectivity index (χ0v) is 20.4. The van der Waals surface area contributed by atoms with Gasteiger partial charge in [0.15, 0.2) is 15.1 Å². The second kappa shape index (κ2) is 9.85. The van der Waals surface area contributed by atoms with Crippen LogP contribution in [0.3, 0.4) is 0 Å². The number of terminal acetylenes is 1. The van der Waals surface area contributed by atoms with Crippen molar-refractivity contribution in [1.29, 1.82) is 0 Å². The van der Waals surface area contributed by atoms with Gasteiger partial charge >= 0.3 is 18.0 Å². The Morgan fingerprint density at radius 1 is 1.39 bits per heavy atom. The third-order valence-corrected chi connectivity index (χ3v) is 7.44. The standard InChI is InChI=1S/C22H25ClN2O7S/c1-7-13-11(2)15-10-32-21(28)17(15)18(24-22(29)25(4)5)14(13)8-9-16(23)12(3)19(20(26)27)33(6,30)31/h1,9,12,19H,8,10H2,2-6H3,(H,24,29)(H,26,27)/b16-9-. The number of esters is 1. The molecule has 1 aromatic carbocycles. The Hall–Kier alpha value is -3.03. The second-order valence-electron chi connectivity index (χ2n) is 7.92. The molecule has 0 spiro atoms. The summed E-state index contributed by atoms with van der Waals surface area (Å²) in [5.41, 5.74) is 2.39. The van der Waals surface area contributed by atoms with Crippen molar-refractivity contribution in [3.8, 4) is 12.3 Å². The smallest absolute Gasteiger partial charge is 0.341 e. The van der Waals surface area contributed by atoms with Crippen LogP contribution in [0, 0.1) is 25.2 Å². The van der Waals surface area contributed by atoms with Gasteiger partial charge in [0, 0.05) is 42.4 Å². The summed E-state index contributed by atoms with van der Waals surface area (Å²) in [6.45, 7) is 3.14. The fourth-order valence-corrected chi connectivity index (χ4v) is 5.19. The number of hydrogen-bond acceptors (Lipinski definition) is 6. The zero-order chi connectivity index (χ0) is 25.2. The van der Waals surface area contributed by atoms with E-state index in [1.807, 2.05) is 0 Å². The number of sulfone groups is 1. The molecule has 1 aliphatic heterocycles. The summed E-state index contributed by atoms with van der Waals surface area (Å²) in [5, 5.41) is 10.3. The van der Waals surface area contributed by atoms with Crippen molar-refractivity contribution in [1.82, 2.24) is 4.90 Å². The van der Waals surface area contributed by atoms with Crippen LogP contribution in [0.4, 0.5) is 10.5 Å². The van der Waals surface area contributed by atoms with E-state index in [0.717, 1.165) is 6.26 Å². The van der Waals surface area contributed by atoms with Crippen LogP contribution in [0.1, 0.15) is 39.5 Å². The molecular weight excluding hydrogens is 472 g/mol. The molecule has 0 aromatic heterocycles. The number of nitrogens with one attached hydrogen (secondary N) is 1. The third-order valence-electron chi connectivity index (χ3n) is 5.41. The van der Waals surface area contributed by atoms with Crippen molar-refractivity contribution < 1.29 is 32.6 Å². The Labute approximate surface area is 197 Å². The van der Waals surface area contributed by atoms with E-state index < -0.39 is 39.0 Å². The summed E-state index contributed by atoms with van der Waals surface area (Å²) in [4.78, 5) is 37.7. The molecule has 1 aliphatic rings. The number of carbonyl (C=O) groups excluding carboxylic acids is 2. The van der Waals surface area contributed by atoms with E-state index in [-0.39, 0.29) is 29.3 Å². The topological polar surface area (TPSA) is 130 Å². The molecule has 0 radical (unpaired) electrons. The fourth-order valence-electron chi connectivity index (χ4n) is 3.66. The molecular formula is C22H25ClN2O7S. The van der Waals surface area contributed by atoms with Crippen molar-refractivity contribution in [3.05, 3.63) is 38.9 Å². The summed E-state index contributed by atoms with van der Waals surface area (Å²) >= 11 is 6.31. The van der Waals surface area contributed by atoms with Crippen molar-refractivity contribution in [2.75, 3.05) is 25.7 Å². The van der Waals surface area contributed by atoms with Gasteiger partial charge in [0.2, 0.25) is 0 Å². The number of ether oxygens (including phenoxy) is 1. The number of halogens is 1. The highest BCUT2D eigenvalue weighted by molar-refractivity contribution is 7.92. The van der Waals surface area contributed by atoms with E-state index in [9.17, 15) is 27.9 Å². The highest BCUT2D eigenvalue weighted by Crippen LogP contribution is 2.37. The lowest BCUT2D eigenvalue weighted by Gasteiger charge is -2.21. The number of nitrogens with zero attached hydrogens (tertiary/aromatic N) is 1. The number of carboxylic acid groups (broad SMARTS) is 1. The van der Waals surface area contributed by atoms with E-state index >= 15 is 0 Å². The maximum atomic E-state index is 12.5. The Morgan fingerprint density at radius 3 is 2.48 bits per heavy atom. The Bertz CT molecular complexity index is 1200. The maximum Gasteiger partial charge on any atom is 0.341 e. The molecule has 11 heteroatoms. The molecule has 2 N–H and O–H groups in total. The van der Waals surface area contributed by atoms with Gasteiger partial charge in [0.05, 0.1) is 11.3 Å². The minimum absolute atomic E-state index is 0.00322. The molecule has 2 rings (SSSR count). The lowest BCUT2D eigenvalue weighted by atomic mass is 9.89. The monoisotopic (exact) mass is 496 g/mol. The summed E-state index contributed by atoms with van der Waals surface area (Å²) in [5.74, 6) is -0.602. The molecule has 2 amide bonds. The van der Waals surface area contributed by atoms with E-state index in [0.29, 0.717) is 22.3 Å². The summed E-state index contributed by atoms with van der Waals surface area (Å²) < 4.78 is 29.0. The average molecular weight is 497 g/mol. The van der Waals surface area contributed by atoms with Crippen molar-refractivity contribution in [2.24, 2.45) is 5.92 Å². The van der Waals surface area contributed by atoms with Gasteiger partial charge in [-0.3, -0.25) is 4.79 Å². The van der Waals surface area contributed by atoms with Gasteiger partial charge < -0.3 is 20.1 Å². The first-order valence-corrected chi connectivity index (χ1v) is 12.1. The molecule has 9 nitrogen and oxygen atoms in total. The molecule has 33 heavy (non-hydrogen) atoms. The molecule has 0 saturated carbocycles. The summed E-state index contributed by atoms with van der Waals surface area (Å²) in [7, 11) is -0.886. The van der Waals surface area contributed by atoms with Crippen molar-refractivity contribution in [3.63, 3.8) is 0 Å². The van der Waals surface area contributed by atoms with Gasteiger partial charge in [0.25, 0.3) is 0 Å². The number of carboxylic acids is 1. The Balaban J connectivity index is 2.64. The van der Waals surface area contributed by atoms with E-state index in [2.05, 4.69) is 11.2 Å². The maximum absolute atomic E-state index is 12.5. The van der Waals surface area contributed by atoms with Gasteiger partial charge in [-0.1, -0.05) is 30.5 Å². The quantitative estimate of drug-likeness (QED) is 0.438. The van der Waals surface area contributed by atoms with Gasteiger partial charge in [0.1, 0.15) is 6.61 Å². The van der Waals surface area contributed by atoms with Crippen molar-refractivity contribution in [2.45, 2.75) is 32.1 Å². The minimum atomic E-state index is -3.94. The van der Waals surface area contributed by atoms with Gasteiger partial charge in [-0.15, -0.1) is 6.42 Å². The van der Waals surface area contributed by atoms with Crippen LogP contribution in [0.15, 0.2) is 11.1 Å². The number of benzene rings is 1. The zero-order valence-electron chi connectivity index (χ0n) is 18.9. The fraction of sp³-hybridized carbons (Fsp3) is 0.409. The largest absolute Gasteiger partial charge is 0.480 e. The molecule has 0 bridgehead atoms. The van der Waals surface area contributed by atoms with Crippen LogP contribution in [0.5, 0.6) is 0 Å². The molecule has 1 aromatic rings. The summed E-state index contributed by atoms with van der Waals surface area (Å²) in [6.07, 6.45) is 8.00. The Morgan fingerprint density at radius 2 is 2.00 bits per heavy atom. The van der Waals surface area contributed by atoms with E-state index in [1.165, 1.54) is 32.0 Å². The predicted molar refractivity (Wildman–Crippen MR) is 124 cm³/mol. The molecule has 2 atom stereocenters. The molecule has 2 unspecified atom stereocenters. The first-order chi connectivity index (χ1) is 15.2. The van der Waals surface area contributed by atoms with E-state index in [4.69, 9.17) is 22.8 Å². The van der Waals surface area contributed by atoms with E-state index in [1.54, 1.807) is 6.92 Å². The number of aliphatic carboxylic acids is 1. The number of carbonyl (C=O) groups is 3. The van der Waals surface area contributed by atoms with Crippen LogP contribution in [0.25, 0.3) is 0 Å². The molecule has 0 fully saturated rings. The number of rotatable bonds is 7. The van der Waals surface area contributed by atoms with Gasteiger partial charge in [-0.2, -0.15) is 0 Å². The van der Waals surface area contributed by atoms with Gasteiger partial charge in [-0.05, 0) is 24.5 Å². The predicted octanol–water partition coefficient (Wildman–Crippen LogP) is 2.54. The van der Waals surface area contributed by atoms with Crippen LogP contribution in [-0.2, 0) is 32.4 Å². The highest BCUT2D eigenvalue weighted by atomic mass is 35.5. The lowest BCUT2D eigenvalue weighted by molar-refractivity contribution is -0.137. The van der Waals surface area contributed by atoms with Crippen molar-refractivity contribution >= 4 is 45.1 Å². The van der Waals surface area contributed by atoms with Crippen LogP contribution < -0.4 is 5.32 Å². The number of allylic oxidation sites excluding steroid dienone is 2. The lowest BCUT2D eigenvalue weighted by Crippen LogP contribution is -2.35. The third kappa shape index (κ3) is 5.31. The highest BCUT2D eigenvalue weighted by Gasteiger charge is 2.36.